The van der Waals surface area contributed by atoms with Gasteiger partial charge in [-0.25, -0.2) is 24.3 Å². The SMILES string of the molecule is C[CH]=[Hf+2].[C-]1=CC=CC1.[C-]1=CC=CC1. The van der Waals surface area contributed by atoms with E-state index >= 15 is 0 Å². The smallest absolute Gasteiger partial charge is 0.109 e. The molecule has 13 heavy (non-hydrogen) atoms. The summed E-state index contributed by atoms with van der Waals surface area (Å²) >= 11 is 1.24. The van der Waals surface area contributed by atoms with E-state index in [0.29, 0.717) is 0 Å². The Morgan fingerprint density at radius 1 is 1.08 bits per heavy atom. The Morgan fingerprint density at radius 3 is 1.54 bits per heavy atom. The van der Waals surface area contributed by atoms with Crippen molar-refractivity contribution >= 4 is 3.76 Å². The molecule has 0 aliphatic heterocycles. The molecule has 0 nitrogen and oxygen atoms in total. The van der Waals surface area contributed by atoms with E-state index in [2.05, 4.69) is 35.0 Å². The molecule has 0 radical (unpaired) electrons. The maximum absolute atomic E-state index is 2.99. The molecule has 0 aromatic rings. The number of rotatable bonds is 0. The van der Waals surface area contributed by atoms with Gasteiger partial charge in [-0.3, -0.25) is 12.2 Å². The third kappa shape index (κ3) is 11.7. The second-order valence-corrected chi connectivity index (χ2v) is 4.37. The topological polar surface area (TPSA) is 0 Å². The molecular formula is C12H14Hf. The molecule has 0 amide bonds. The molecule has 0 aromatic heterocycles. The standard InChI is InChI=1S/2C5H5.C2H4.Hf/c2*1-2-4-5-3-1;1-2;/h2*1-3H,4H2;1H,2H3;/q2*-1;;+2. The van der Waals surface area contributed by atoms with Crippen molar-refractivity contribution in [1.82, 2.24) is 0 Å². The summed E-state index contributed by atoms with van der Waals surface area (Å²) in [4.78, 5) is 0. The molecule has 2 rings (SSSR count). The van der Waals surface area contributed by atoms with E-state index < -0.39 is 0 Å². The molecule has 0 spiro atoms. The molecular weight excluding hydrogens is 323 g/mol. The van der Waals surface area contributed by atoms with Gasteiger partial charge in [-0.2, -0.15) is 12.2 Å². The second kappa shape index (κ2) is 11.7. The van der Waals surface area contributed by atoms with Crippen LogP contribution in [0.4, 0.5) is 0 Å². The van der Waals surface area contributed by atoms with Gasteiger partial charge in [0.15, 0.2) is 0 Å². The van der Waals surface area contributed by atoms with E-state index in [9.17, 15) is 0 Å². The maximum atomic E-state index is 2.99. The molecule has 1 heteroatoms. The van der Waals surface area contributed by atoms with Gasteiger partial charge in [0, 0.05) is 0 Å². The average molecular weight is 337 g/mol. The molecule has 0 atom stereocenters. The Morgan fingerprint density at radius 2 is 1.46 bits per heavy atom. The summed E-state index contributed by atoms with van der Waals surface area (Å²) in [7, 11) is 0. The fourth-order valence-electron chi connectivity index (χ4n) is 0.680. The quantitative estimate of drug-likeness (QED) is 0.471. The Kier molecular flexibility index (Phi) is 11.4. The van der Waals surface area contributed by atoms with Gasteiger partial charge in [0.25, 0.3) is 0 Å². The van der Waals surface area contributed by atoms with E-state index in [1.807, 2.05) is 24.3 Å². The Hall–Kier alpha value is -0.300. The maximum Gasteiger partial charge on any atom is -0.109 e. The van der Waals surface area contributed by atoms with Crippen LogP contribution in [0.3, 0.4) is 0 Å². The molecule has 0 unspecified atom stereocenters. The van der Waals surface area contributed by atoms with E-state index in [1.54, 1.807) is 0 Å². The van der Waals surface area contributed by atoms with Crippen molar-refractivity contribution in [2.24, 2.45) is 0 Å². The Balaban J connectivity index is 0.000000174. The van der Waals surface area contributed by atoms with Crippen LogP contribution in [0, 0.1) is 12.2 Å². The van der Waals surface area contributed by atoms with Gasteiger partial charge in [-0.15, -0.1) is 12.8 Å². The summed E-state index contributed by atoms with van der Waals surface area (Å²) in [5.74, 6) is 0. The minimum absolute atomic E-state index is 1.01. The number of hydrogen-bond acceptors (Lipinski definition) is 0. The molecule has 0 heterocycles. The number of allylic oxidation sites excluding steroid dienone is 8. The predicted molar refractivity (Wildman–Crippen MR) is 54.9 cm³/mol. The Labute approximate surface area is 95.8 Å². The van der Waals surface area contributed by atoms with Crippen LogP contribution < -0.4 is 0 Å². The average Bonchev–Trinajstić information content (AvgIpc) is 2.85. The van der Waals surface area contributed by atoms with Gasteiger partial charge in [-0.05, 0) is 0 Å². The molecule has 0 saturated heterocycles. The number of hydrogen-bond donors (Lipinski definition) is 0. The van der Waals surface area contributed by atoms with Crippen molar-refractivity contribution in [3.63, 3.8) is 0 Å². The molecule has 2 aliphatic carbocycles. The van der Waals surface area contributed by atoms with E-state index in [-0.39, 0.29) is 0 Å². The van der Waals surface area contributed by atoms with Crippen LogP contribution in [0.25, 0.3) is 0 Å². The minimum atomic E-state index is 1.01. The van der Waals surface area contributed by atoms with Crippen LogP contribution in [-0.4, -0.2) is 3.76 Å². The molecule has 0 bridgehead atoms. The van der Waals surface area contributed by atoms with Crippen LogP contribution in [-0.2, 0) is 23.9 Å². The first-order valence-electron chi connectivity index (χ1n) is 4.30. The third-order valence-corrected chi connectivity index (χ3v) is 1.17. The second-order valence-electron chi connectivity index (χ2n) is 2.29. The molecule has 66 valence electrons. The van der Waals surface area contributed by atoms with Gasteiger partial charge < -0.3 is 0 Å². The van der Waals surface area contributed by atoms with E-state index in [1.165, 1.54) is 23.9 Å². The molecule has 0 fully saturated rings. The normalized spacial score (nSPS) is 14.7. The molecule has 0 aromatic carbocycles. The first kappa shape index (κ1) is 12.7. The summed E-state index contributed by atoms with van der Waals surface area (Å²) in [6.45, 7) is 2.06. The zero-order chi connectivity index (χ0) is 9.78. The van der Waals surface area contributed by atoms with Crippen molar-refractivity contribution in [1.29, 1.82) is 0 Å². The van der Waals surface area contributed by atoms with Crippen LogP contribution in [0.2, 0.25) is 0 Å². The fraction of sp³-hybridized carbons (Fsp3) is 0.250. The zero-order valence-electron chi connectivity index (χ0n) is 7.96. The molecule has 0 N–H and O–H groups in total. The first-order valence-corrected chi connectivity index (χ1v) is 6.37. The van der Waals surface area contributed by atoms with Crippen LogP contribution in [0.5, 0.6) is 0 Å². The van der Waals surface area contributed by atoms with Gasteiger partial charge in [0.1, 0.15) is 0 Å². The van der Waals surface area contributed by atoms with Crippen molar-refractivity contribution in [2.75, 3.05) is 0 Å². The van der Waals surface area contributed by atoms with Crippen LogP contribution in [0.1, 0.15) is 19.8 Å². The van der Waals surface area contributed by atoms with Crippen molar-refractivity contribution in [3.05, 3.63) is 48.6 Å². The fourth-order valence-corrected chi connectivity index (χ4v) is 0.680. The molecule has 0 saturated carbocycles. The summed E-state index contributed by atoms with van der Waals surface area (Å²) in [5, 5.41) is 0. The first-order chi connectivity index (χ1) is 6.41. The van der Waals surface area contributed by atoms with Gasteiger partial charge in [0.05, 0.1) is 0 Å². The van der Waals surface area contributed by atoms with Gasteiger partial charge in [-0.1, -0.05) is 0 Å². The summed E-state index contributed by atoms with van der Waals surface area (Å²) in [6.07, 6.45) is 20.0. The molecule has 2 aliphatic rings. The summed E-state index contributed by atoms with van der Waals surface area (Å²) in [6, 6.07) is 0. The van der Waals surface area contributed by atoms with E-state index in [4.69, 9.17) is 0 Å². The van der Waals surface area contributed by atoms with E-state index in [0.717, 1.165) is 12.8 Å². The summed E-state index contributed by atoms with van der Waals surface area (Å²) < 4.78 is 2.14. The van der Waals surface area contributed by atoms with Gasteiger partial charge >= 0.3 is 34.6 Å². The zero-order valence-corrected chi connectivity index (χ0v) is 11.5. The monoisotopic (exact) mass is 338 g/mol. The van der Waals surface area contributed by atoms with Gasteiger partial charge in [0.2, 0.25) is 0 Å². The third-order valence-electron chi connectivity index (χ3n) is 1.17. The van der Waals surface area contributed by atoms with Crippen LogP contribution >= 0.6 is 0 Å². The minimum Gasteiger partial charge on any atom is -0.273 e. The van der Waals surface area contributed by atoms with Crippen molar-refractivity contribution in [3.8, 4) is 0 Å². The Bertz CT molecular complexity index is 177. The van der Waals surface area contributed by atoms with Crippen molar-refractivity contribution in [2.45, 2.75) is 19.8 Å². The summed E-state index contributed by atoms with van der Waals surface area (Å²) in [5.41, 5.74) is 0. The van der Waals surface area contributed by atoms with Crippen LogP contribution in [0.15, 0.2) is 36.5 Å². The predicted octanol–water partition coefficient (Wildman–Crippen LogP) is 2.97. The van der Waals surface area contributed by atoms with Crippen molar-refractivity contribution < 1.29 is 23.9 Å². The largest absolute Gasteiger partial charge is 0.273 e.